The monoisotopic (exact) mass is 401 g/mol. The molecule has 0 spiro atoms. The molecule has 0 atom stereocenters. The summed E-state index contributed by atoms with van der Waals surface area (Å²) < 4.78 is 0. The van der Waals surface area contributed by atoms with E-state index in [4.69, 9.17) is 5.41 Å². The molecule has 0 radical (unpaired) electrons. The van der Waals surface area contributed by atoms with Crippen LogP contribution in [0, 0.1) is 12.3 Å². The Labute approximate surface area is 177 Å². The van der Waals surface area contributed by atoms with Crippen molar-refractivity contribution in [2.24, 2.45) is 0 Å². The third-order valence-electron chi connectivity index (χ3n) is 4.93. The lowest BCUT2D eigenvalue weighted by atomic mass is 10.00. The number of aryl methyl sites for hydroxylation is 1. The van der Waals surface area contributed by atoms with Crippen LogP contribution in [0.2, 0.25) is 0 Å². The van der Waals surface area contributed by atoms with E-state index in [1.165, 1.54) is 6.08 Å². The van der Waals surface area contributed by atoms with Crippen molar-refractivity contribution in [2.75, 3.05) is 6.54 Å². The van der Waals surface area contributed by atoms with Gasteiger partial charge in [-0.1, -0.05) is 12.7 Å². The summed E-state index contributed by atoms with van der Waals surface area (Å²) in [6.07, 6.45) is 11.2. The van der Waals surface area contributed by atoms with Gasteiger partial charge in [0.05, 0.1) is 0 Å². The van der Waals surface area contributed by atoms with Crippen molar-refractivity contribution in [3.05, 3.63) is 83.6 Å². The van der Waals surface area contributed by atoms with E-state index in [0.717, 1.165) is 46.5 Å². The molecule has 0 bridgehead atoms. The number of allylic oxidation sites excluding steroid dienone is 2. The number of amidine groups is 1. The summed E-state index contributed by atoms with van der Waals surface area (Å²) in [4.78, 5) is 22.6. The normalized spacial score (nSPS) is 13.8. The van der Waals surface area contributed by atoms with Crippen LogP contribution in [0.5, 0.6) is 0 Å². The number of amides is 1. The minimum absolute atomic E-state index is 0.228. The van der Waals surface area contributed by atoms with Crippen LogP contribution in [-0.4, -0.2) is 33.2 Å². The molecule has 1 aliphatic heterocycles. The van der Waals surface area contributed by atoms with E-state index < -0.39 is 0 Å². The molecule has 2 aromatic heterocycles. The molecule has 2 N–H and O–H groups in total. The van der Waals surface area contributed by atoms with Crippen LogP contribution in [-0.2, 0) is 17.8 Å². The number of aromatic nitrogens is 2. The Bertz CT molecular complexity index is 1050. The number of carbonyl (C=O) groups is 1. The molecule has 2 aromatic rings. The number of nitrogens with one attached hydrogen (secondary N) is 2. The molecular weight excluding hydrogens is 374 g/mol. The molecule has 30 heavy (non-hydrogen) atoms. The first kappa shape index (κ1) is 21.2. The zero-order chi connectivity index (χ0) is 21.7. The van der Waals surface area contributed by atoms with E-state index >= 15 is 0 Å². The molecule has 0 saturated carbocycles. The fourth-order valence-corrected chi connectivity index (χ4v) is 3.45. The summed E-state index contributed by atoms with van der Waals surface area (Å²) in [5.74, 6) is 0.193. The highest BCUT2D eigenvalue weighted by molar-refractivity contribution is 5.96. The molecule has 1 amide bonds. The molecule has 154 valence electrons. The largest absolute Gasteiger partial charge is 0.352 e. The smallest absolute Gasteiger partial charge is 0.248 e. The molecule has 3 heterocycles. The molecule has 6 heteroatoms. The van der Waals surface area contributed by atoms with Gasteiger partial charge in [-0.3, -0.25) is 20.2 Å². The van der Waals surface area contributed by atoms with E-state index in [0.29, 0.717) is 18.1 Å². The van der Waals surface area contributed by atoms with Gasteiger partial charge in [-0.15, -0.1) is 0 Å². The summed E-state index contributed by atoms with van der Waals surface area (Å²) >= 11 is 0. The van der Waals surface area contributed by atoms with Gasteiger partial charge in [-0.2, -0.15) is 0 Å². The molecule has 0 aromatic carbocycles. The van der Waals surface area contributed by atoms with Crippen LogP contribution >= 0.6 is 0 Å². The van der Waals surface area contributed by atoms with E-state index in [9.17, 15) is 4.79 Å². The number of nitrogens with zero attached hydrogens (tertiary/aromatic N) is 3. The predicted octanol–water partition coefficient (Wildman–Crippen LogP) is 3.94. The van der Waals surface area contributed by atoms with E-state index in [-0.39, 0.29) is 5.91 Å². The van der Waals surface area contributed by atoms with Gasteiger partial charge in [0, 0.05) is 60.6 Å². The van der Waals surface area contributed by atoms with E-state index in [1.807, 2.05) is 37.3 Å². The van der Waals surface area contributed by atoms with Crippen molar-refractivity contribution in [3.8, 4) is 11.1 Å². The first-order valence-electron chi connectivity index (χ1n) is 9.92. The number of hydrogen-bond donors (Lipinski definition) is 2. The molecule has 3 rings (SSSR count). The minimum atomic E-state index is -0.228. The average molecular weight is 402 g/mol. The van der Waals surface area contributed by atoms with Crippen LogP contribution in [0.1, 0.15) is 30.7 Å². The molecule has 0 aliphatic carbocycles. The summed E-state index contributed by atoms with van der Waals surface area (Å²) in [6, 6.07) is 4.24. The lowest BCUT2D eigenvalue weighted by Gasteiger charge is -2.31. The van der Waals surface area contributed by atoms with Gasteiger partial charge in [0.1, 0.15) is 5.84 Å². The second kappa shape index (κ2) is 9.31. The third kappa shape index (κ3) is 5.08. The predicted molar refractivity (Wildman–Crippen MR) is 120 cm³/mol. The fraction of sp³-hybridized carbons (Fsp3) is 0.250. The Hall–Kier alpha value is -3.54. The van der Waals surface area contributed by atoms with E-state index in [1.54, 1.807) is 19.1 Å². The third-order valence-corrected chi connectivity index (χ3v) is 4.93. The van der Waals surface area contributed by atoms with Crippen LogP contribution in [0.4, 0.5) is 0 Å². The van der Waals surface area contributed by atoms with Crippen LogP contribution in [0.25, 0.3) is 11.1 Å². The van der Waals surface area contributed by atoms with E-state index in [2.05, 4.69) is 34.0 Å². The zero-order valence-corrected chi connectivity index (χ0v) is 17.7. The van der Waals surface area contributed by atoms with Gasteiger partial charge >= 0.3 is 0 Å². The summed E-state index contributed by atoms with van der Waals surface area (Å²) in [5, 5.41) is 11.3. The standard InChI is InChI=1S/C24H27N5O/c1-5-6-23(30)28-18(4)10-17(3)24(25)29-8-7-22-21(15-29)11-20(14-27-22)19-9-16(2)12-26-13-19/h5-6,9-14,25H,4,7-8,15H2,1-3H3,(H,28,30)/b6-5-,17-10-,25-24?. The van der Waals surface area contributed by atoms with Gasteiger partial charge < -0.3 is 10.2 Å². The summed E-state index contributed by atoms with van der Waals surface area (Å²) in [7, 11) is 0. The second-order valence-corrected chi connectivity index (χ2v) is 7.44. The Balaban J connectivity index is 1.74. The SMILES string of the molecule is C=C(/C=C(/C)C(=N)N1CCc2ncc(-c3cncc(C)c3)cc2C1)NC(=O)/C=C\C. The Morgan fingerprint density at radius 2 is 2.03 bits per heavy atom. The quantitative estimate of drug-likeness (QED) is 0.344. The van der Waals surface area contributed by atoms with Crippen molar-refractivity contribution < 1.29 is 4.79 Å². The molecule has 6 nitrogen and oxygen atoms in total. The van der Waals surface area contributed by atoms with Crippen molar-refractivity contribution in [2.45, 2.75) is 33.7 Å². The minimum Gasteiger partial charge on any atom is -0.352 e. The Morgan fingerprint density at radius 3 is 2.77 bits per heavy atom. The van der Waals surface area contributed by atoms with Gasteiger partial charge in [-0.25, -0.2) is 0 Å². The van der Waals surface area contributed by atoms with Crippen molar-refractivity contribution in [1.82, 2.24) is 20.2 Å². The zero-order valence-electron chi connectivity index (χ0n) is 17.7. The maximum Gasteiger partial charge on any atom is 0.248 e. The van der Waals surface area contributed by atoms with Crippen molar-refractivity contribution in [1.29, 1.82) is 5.41 Å². The lowest BCUT2D eigenvalue weighted by Crippen LogP contribution is -2.36. The highest BCUT2D eigenvalue weighted by atomic mass is 16.1. The maximum absolute atomic E-state index is 11.7. The number of hydrogen-bond acceptors (Lipinski definition) is 4. The number of fused-ring (bicyclic) bond motifs is 1. The van der Waals surface area contributed by atoms with Crippen molar-refractivity contribution in [3.63, 3.8) is 0 Å². The highest BCUT2D eigenvalue weighted by Crippen LogP contribution is 2.25. The topological polar surface area (TPSA) is 82.0 Å². The van der Waals surface area contributed by atoms with Crippen molar-refractivity contribution >= 4 is 11.7 Å². The van der Waals surface area contributed by atoms with Crippen LogP contribution in [0.15, 0.2) is 66.8 Å². The number of carbonyl (C=O) groups excluding carboxylic acids is 1. The van der Waals surface area contributed by atoms with Crippen LogP contribution in [0.3, 0.4) is 0 Å². The number of rotatable bonds is 5. The molecule has 0 saturated heterocycles. The molecular formula is C24H27N5O. The molecule has 0 fully saturated rings. The summed E-state index contributed by atoms with van der Waals surface area (Å²) in [6.45, 7) is 10.9. The molecule has 1 aliphatic rings. The lowest BCUT2D eigenvalue weighted by molar-refractivity contribution is -0.115. The van der Waals surface area contributed by atoms with Gasteiger partial charge in [0.25, 0.3) is 0 Å². The fourth-order valence-electron chi connectivity index (χ4n) is 3.45. The Kier molecular flexibility index (Phi) is 6.57. The highest BCUT2D eigenvalue weighted by Gasteiger charge is 2.21. The first-order valence-corrected chi connectivity index (χ1v) is 9.92. The second-order valence-electron chi connectivity index (χ2n) is 7.44. The first-order chi connectivity index (χ1) is 14.4. The number of pyridine rings is 2. The van der Waals surface area contributed by atoms with Gasteiger partial charge in [0.15, 0.2) is 0 Å². The van der Waals surface area contributed by atoms with Gasteiger partial charge in [0.2, 0.25) is 5.91 Å². The van der Waals surface area contributed by atoms with Gasteiger partial charge in [-0.05, 0) is 61.8 Å². The average Bonchev–Trinajstić information content (AvgIpc) is 2.72. The maximum atomic E-state index is 11.7. The Morgan fingerprint density at radius 1 is 1.27 bits per heavy atom. The van der Waals surface area contributed by atoms with Crippen LogP contribution < -0.4 is 5.32 Å². The summed E-state index contributed by atoms with van der Waals surface area (Å²) in [5.41, 5.74) is 6.60. The molecule has 0 unspecified atom stereocenters.